The standard InChI is InChI=1S/C16H30N2O4.Na/c1-2-3-4-5-6-8-15(20)17-10-13-18(11-7-14-19)12-9-16(21)22;/h6,8,19H,2-5,7,9-14H2,1H3,(H,17,20)(H,21,22);/q;+1/p-1/b8-6+;. The van der Waals surface area contributed by atoms with E-state index in [1.807, 2.05) is 11.0 Å². The molecule has 0 radical (unpaired) electrons. The first-order valence-electron chi connectivity index (χ1n) is 8.03. The molecule has 0 saturated heterocycles. The van der Waals surface area contributed by atoms with E-state index in [4.69, 9.17) is 10.2 Å². The quantitative estimate of drug-likeness (QED) is 0.166. The molecule has 0 atom stereocenters. The van der Waals surface area contributed by atoms with Crippen LogP contribution in [-0.4, -0.2) is 59.8 Å². The zero-order valence-corrected chi connectivity index (χ0v) is 16.5. The van der Waals surface area contributed by atoms with Gasteiger partial charge < -0.3 is 20.2 Å². The van der Waals surface area contributed by atoms with Gasteiger partial charge in [-0.25, -0.2) is 0 Å². The third-order valence-corrected chi connectivity index (χ3v) is 3.19. The number of hydrogen-bond acceptors (Lipinski definition) is 5. The second-order valence-electron chi connectivity index (χ2n) is 5.18. The van der Waals surface area contributed by atoms with Crippen LogP contribution in [0, 0.1) is 0 Å². The minimum Gasteiger partial charge on any atom is -0.859 e. The maximum absolute atomic E-state index is 11.5. The van der Waals surface area contributed by atoms with Crippen molar-refractivity contribution in [3.8, 4) is 0 Å². The number of hydrogen-bond donors (Lipinski definition) is 2. The van der Waals surface area contributed by atoms with E-state index < -0.39 is 5.97 Å². The molecule has 0 aromatic rings. The van der Waals surface area contributed by atoms with Crippen molar-refractivity contribution in [1.29, 1.82) is 0 Å². The van der Waals surface area contributed by atoms with Crippen LogP contribution in [-0.2, 0) is 4.79 Å². The zero-order valence-electron chi connectivity index (χ0n) is 14.5. The molecule has 2 N–H and O–H groups in total. The number of unbranched alkanes of at least 4 members (excludes halogenated alkanes) is 3. The molecule has 6 nitrogen and oxygen atoms in total. The van der Waals surface area contributed by atoms with Crippen molar-refractivity contribution in [3.63, 3.8) is 0 Å². The molecule has 0 aromatic heterocycles. The molecule has 7 heteroatoms. The molecule has 0 amide bonds. The van der Waals surface area contributed by atoms with Gasteiger partial charge in [0.15, 0.2) is 0 Å². The van der Waals surface area contributed by atoms with E-state index in [0.29, 0.717) is 32.6 Å². The van der Waals surface area contributed by atoms with Gasteiger partial charge in [-0.15, -0.1) is 0 Å². The minimum absolute atomic E-state index is 0. The molecule has 128 valence electrons. The summed E-state index contributed by atoms with van der Waals surface area (Å²) >= 11 is 0. The molecular weight excluding hydrogens is 307 g/mol. The predicted octanol–water partition coefficient (Wildman–Crippen LogP) is -1.96. The Labute approximate surface area is 161 Å². The van der Waals surface area contributed by atoms with Gasteiger partial charge in [-0.3, -0.25) is 9.79 Å². The summed E-state index contributed by atoms with van der Waals surface area (Å²) in [4.78, 5) is 16.4. The number of aliphatic carboxylic acids is 1. The van der Waals surface area contributed by atoms with E-state index >= 15 is 0 Å². The van der Waals surface area contributed by atoms with Crippen LogP contribution in [0.2, 0.25) is 0 Å². The summed E-state index contributed by atoms with van der Waals surface area (Å²) in [5, 5.41) is 29.1. The van der Waals surface area contributed by atoms with Crippen molar-refractivity contribution >= 4 is 11.9 Å². The molecule has 0 aliphatic carbocycles. The molecule has 0 aromatic carbocycles. The average Bonchev–Trinajstić information content (AvgIpc) is 2.49. The Hall–Kier alpha value is -0.400. The van der Waals surface area contributed by atoms with Crippen molar-refractivity contribution in [2.75, 3.05) is 32.8 Å². The zero-order chi connectivity index (χ0) is 16.6. The van der Waals surface area contributed by atoms with E-state index in [9.17, 15) is 9.90 Å². The first-order valence-corrected chi connectivity index (χ1v) is 8.03. The van der Waals surface area contributed by atoms with Crippen molar-refractivity contribution < 1.29 is 49.7 Å². The molecule has 0 unspecified atom stereocenters. The Morgan fingerprint density at radius 3 is 2.57 bits per heavy atom. The van der Waals surface area contributed by atoms with Crippen LogP contribution >= 0.6 is 0 Å². The largest absolute Gasteiger partial charge is 1.00 e. The number of allylic oxidation sites excluding steroid dienone is 1. The van der Waals surface area contributed by atoms with Gasteiger partial charge in [-0.1, -0.05) is 31.9 Å². The van der Waals surface area contributed by atoms with Crippen LogP contribution in [0.4, 0.5) is 0 Å². The van der Waals surface area contributed by atoms with E-state index in [-0.39, 0.29) is 48.5 Å². The summed E-state index contributed by atoms with van der Waals surface area (Å²) in [5.41, 5.74) is 0. The summed E-state index contributed by atoms with van der Waals surface area (Å²) in [7, 11) is 0. The van der Waals surface area contributed by atoms with Gasteiger partial charge in [0, 0.05) is 26.2 Å². The maximum Gasteiger partial charge on any atom is 1.00 e. The monoisotopic (exact) mass is 336 g/mol. The molecule has 0 heterocycles. The first kappa shape index (κ1) is 24.8. The summed E-state index contributed by atoms with van der Waals surface area (Å²) in [6, 6.07) is 0. The second kappa shape index (κ2) is 17.9. The number of carboxylic acids is 1. The first-order chi connectivity index (χ1) is 10.6. The maximum atomic E-state index is 11.5. The van der Waals surface area contributed by atoms with Crippen LogP contribution < -0.4 is 34.7 Å². The number of aliphatic imine (C=N–C) groups is 1. The number of aliphatic hydroxyl groups excluding tert-OH is 1. The number of rotatable bonds is 14. The van der Waals surface area contributed by atoms with Gasteiger partial charge in [0.05, 0.1) is 13.0 Å². The Bertz CT molecular complexity index is 349. The minimum atomic E-state index is -0.850. The third-order valence-electron chi connectivity index (χ3n) is 3.19. The molecule has 0 aliphatic rings. The fraction of sp³-hybridized carbons (Fsp3) is 0.750. The fourth-order valence-electron chi connectivity index (χ4n) is 1.93. The van der Waals surface area contributed by atoms with Crippen molar-refractivity contribution in [2.24, 2.45) is 4.99 Å². The van der Waals surface area contributed by atoms with Crippen LogP contribution in [0.1, 0.15) is 45.4 Å². The van der Waals surface area contributed by atoms with E-state index in [2.05, 4.69) is 11.9 Å². The van der Waals surface area contributed by atoms with Crippen molar-refractivity contribution in [1.82, 2.24) is 4.90 Å². The second-order valence-corrected chi connectivity index (χ2v) is 5.18. The SMILES string of the molecule is CCCCC/C=C/C([O-])=NCCN(CCCO)CCC(=O)O.[Na+]. The predicted molar refractivity (Wildman–Crippen MR) is 86.0 cm³/mol. The summed E-state index contributed by atoms with van der Waals surface area (Å²) in [6.07, 6.45) is 8.31. The summed E-state index contributed by atoms with van der Waals surface area (Å²) in [6.45, 7) is 4.11. The van der Waals surface area contributed by atoms with E-state index in [1.165, 1.54) is 12.5 Å². The van der Waals surface area contributed by atoms with Crippen LogP contribution in [0.25, 0.3) is 0 Å². The molecule has 0 rings (SSSR count). The Balaban J connectivity index is 0. The molecule has 0 spiro atoms. The van der Waals surface area contributed by atoms with Crippen molar-refractivity contribution in [3.05, 3.63) is 12.2 Å². The van der Waals surface area contributed by atoms with Crippen LogP contribution in [0.3, 0.4) is 0 Å². The fourth-order valence-corrected chi connectivity index (χ4v) is 1.93. The molecule has 0 bridgehead atoms. The van der Waals surface area contributed by atoms with Crippen molar-refractivity contribution in [2.45, 2.75) is 45.4 Å². The van der Waals surface area contributed by atoms with Gasteiger partial charge in [-0.05, 0) is 25.2 Å². The Morgan fingerprint density at radius 2 is 1.96 bits per heavy atom. The van der Waals surface area contributed by atoms with Gasteiger partial charge in [-0.2, -0.15) is 0 Å². The van der Waals surface area contributed by atoms with Gasteiger partial charge in [0.1, 0.15) is 0 Å². The summed E-state index contributed by atoms with van der Waals surface area (Å²) in [5.74, 6) is -1.09. The normalized spacial score (nSPS) is 11.9. The van der Waals surface area contributed by atoms with Gasteiger partial charge >= 0.3 is 35.5 Å². The number of aliphatic hydroxyl groups is 1. The van der Waals surface area contributed by atoms with Crippen LogP contribution in [0.15, 0.2) is 17.1 Å². The number of nitrogens with zero attached hydrogens (tertiary/aromatic N) is 2. The smallest absolute Gasteiger partial charge is 0.859 e. The van der Waals surface area contributed by atoms with E-state index in [1.54, 1.807) is 0 Å². The molecule has 0 saturated carbocycles. The number of carbonyl (C=O) groups is 1. The van der Waals surface area contributed by atoms with Gasteiger partial charge in [0.25, 0.3) is 0 Å². The van der Waals surface area contributed by atoms with E-state index in [0.717, 1.165) is 19.3 Å². The van der Waals surface area contributed by atoms with Gasteiger partial charge in [0.2, 0.25) is 0 Å². The molecular formula is C16H29N2NaO4. The number of carboxylic acid groups (broad SMARTS) is 1. The molecule has 23 heavy (non-hydrogen) atoms. The molecule has 0 aliphatic heterocycles. The third kappa shape index (κ3) is 17.8. The topological polar surface area (TPSA) is 96.2 Å². The Morgan fingerprint density at radius 1 is 1.22 bits per heavy atom. The average molecular weight is 336 g/mol. The van der Waals surface area contributed by atoms with Crippen LogP contribution in [0.5, 0.6) is 0 Å². The summed E-state index contributed by atoms with van der Waals surface area (Å²) < 4.78 is 0. The molecule has 0 fully saturated rings. The Kier molecular flexibility index (Phi) is 19.4.